The molecule has 0 aliphatic rings. The van der Waals surface area contributed by atoms with Gasteiger partial charge in [0.2, 0.25) is 0 Å². The second-order valence-electron chi connectivity index (χ2n) is 3.85. The first kappa shape index (κ1) is 14.4. The van der Waals surface area contributed by atoms with Crippen LogP contribution in [0.1, 0.15) is 12.0 Å². The molecule has 2 N–H and O–H groups in total. The van der Waals surface area contributed by atoms with Gasteiger partial charge in [0, 0.05) is 18.7 Å². The van der Waals surface area contributed by atoms with Gasteiger partial charge in [0.05, 0.1) is 12.7 Å². The van der Waals surface area contributed by atoms with E-state index in [0.717, 1.165) is 5.56 Å². The minimum Gasteiger partial charge on any atom is -0.391 e. The molecule has 1 rings (SSSR count). The Balaban J connectivity index is 2.26. The fraction of sp³-hybridized carbons (Fsp3) is 0.500. The SMILES string of the molecule is COCC(O)CCNCc1cc(F)cc(Cl)c1. The van der Waals surface area contributed by atoms with Gasteiger partial charge in [-0.05, 0) is 36.7 Å². The minimum absolute atomic E-state index is 0.327. The van der Waals surface area contributed by atoms with Crippen LogP contribution in [0.25, 0.3) is 0 Å². The first-order valence-electron chi connectivity index (χ1n) is 5.44. The summed E-state index contributed by atoms with van der Waals surface area (Å²) in [5, 5.41) is 12.9. The fourth-order valence-electron chi connectivity index (χ4n) is 1.49. The maximum absolute atomic E-state index is 13.0. The van der Waals surface area contributed by atoms with E-state index < -0.39 is 6.10 Å². The third-order valence-electron chi connectivity index (χ3n) is 2.26. The van der Waals surface area contributed by atoms with Crippen LogP contribution in [-0.4, -0.2) is 31.5 Å². The van der Waals surface area contributed by atoms with E-state index >= 15 is 0 Å². The third-order valence-corrected chi connectivity index (χ3v) is 2.48. The summed E-state index contributed by atoms with van der Waals surface area (Å²) in [7, 11) is 1.55. The topological polar surface area (TPSA) is 41.5 Å². The van der Waals surface area contributed by atoms with Crippen molar-refractivity contribution in [2.45, 2.75) is 19.1 Å². The smallest absolute Gasteiger partial charge is 0.125 e. The third kappa shape index (κ3) is 5.98. The quantitative estimate of drug-likeness (QED) is 0.738. The van der Waals surface area contributed by atoms with Crippen molar-refractivity contribution in [2.75, 3.05) is 20.3 Å². The number of rotatable bonds is 7. The highest BCUT2D eigenvalue weighted by Gasteiger charge is 2.03. The normalized spacial score (nSPS) is 12.7. The van der Waals surface area contributed by atoms with Crippen LogP contribution in [0, 0.1) is 5.82 Å². The summed E-state index contributed by atoms with van der Waals surface area (Å²) in [6.45, 7) is 1.49. The number of methoxy groups -OCH3 is 1. The molecular weight excluding hydrogens is 245 g/mol. The van der Waals surface area contributed by atoms with Gasteiger partial charge in [-0.2, -0.15) is 0 Å². The maximum Gasteiger partial charge on any atom is 0.125 e. The monoisotopic (exact) mass is 261 g/mol. The van der Waals surface area contributed by atoms with E-state index in [-0.39, 0.29) is 5.82 Å². The molecule has 96 valence electrons. The number of halogens is 2. The standard InChI is InChI=1S/C12H17ClFNO2/c1-17-8-12(16)2-3-15-7-9-4-10(13)6-11(14)5-9/h4-6,12,15-16H,2-3,7-8H2,1H3. The van der Waals surface area contributed by atoms with Gasteiger partial charge in [0.1, 0.15) is 5.82 Å². The van der Waals surface area contributed by atoms with E-state index in [1.807, 2.05) is 0 Å². The molecule has 0 fully saturated rings. The van der Waals surface area contributed by atoms with Crippen LogP contribution in [0.4, 0.5) is 4.39 Å². The number of ether oxygens (including phenoxy) is 1. The molecule has 0 aliphatic carbocycles. The Morgan fingerprint density at radius 3 is 2.88 bits per heavy atom. The Kier molecular flexibility index (Phi) is 6.44. The molecule has 0 spiro atoms. The predicted octanol–water partition coefficient (Wildman–Crippen LogP) is 1.97. The summed E-state index contributed by atoms with van der Waals surface area (Å²) in [5.41, 5.74) is 0.788. The van der Waals surface area contributed by atoms with Gasteiger partial charge in [0.25, 0.3) is 0 Å². The maximum atomic E-state index is 13.0. The average molecular weight is 262 g/mol. The fourth-order valence-corrected chi connectivity index (χ4v) is 1.73. The number of nitrogens with one attached hydrogen (secondary N) is 1. The molecule has 0 aliphatic heterocycles. The average Bonchev–Trinajstić information content (AvgIpc) is 2.23. The van der Waals surface area contributed by atoms with E-state index in [0.29, 0.717) is 31.1 Å². The molecule has 1 unspecified atom stereocenters. The van der Waals surface area contributed by atoms with Crippen LogP contribution < -0.4 is 5.32 Å². The first-order chi connectivity index (χ1) is 8.11. The van der Waals surface area contributed by atoms with E-state index in [9.17, 15) is 9.50 Å². The lowest BCUT2D eigenvalue weighted by Gasteiger charge is -2.10. The zero-order valence-electron chi connectivity index (χ0n) is 9.75. The van der Waals surface area contributed by atoms with Crippen molar-refractivity contribution in [3.05, 3.63) is 34.6 Å². The molecular formula is C12H17ClFNO2. The molecule has 5 heteroatoms. The summed E-state index contributed by atoms with van der Waals surface area (Å²) >= 11 is 5.73. The lowest BCUT2D eigenvalue weighted by atomic mass is 10.2. The molecule has 3 nitrogen and oxygen atoms in total. The van der Waals surface area contributed by atoms with Crippen molar-refractivity contribution >= 4 is 11.6 Å². The Bertz CT molecular complexity index is 329. The van der Waals surface area contributed by atoms with Crippen LogP contribution in [0.15, 0.2) is 18.2 Å². The molecule has 0 saturated carbocycles. The molecule has 0 aromatic heterocycles. The summed E-state index contributed by atoms with van der Waals surface area (Å²) in [6.07, 6.45) is 0.125. The van der Waals surface area contributed by atoms with Crippen LogP contribution in [-0.2, 0) is 11.3 Å². The zero-order valence-corrected chi connectivity index (χ0v) is 10.5. The highest BCUT2D eigenvalue weighted by atomic mass is 35.5. The number of hydrogen-bond acceptors (Lipinski definition) is 3. The number of benzene rings is 1. The molecule has 0 heterocycles. The van der Waals surface area contributed by atoms with E-state index in [4.69, 9.17) is 16.3 Å². The molecule has 0 amide bonds. The van der Waals surface area contributed by atoms with Crippen molar-refractivity contribution in [2.24, 2.45) is 0 Å². The second kappa shape index (κ2) is 7.61. The predicted molar refractivity (Wildman–Crippen MR) is 65.6 cm³/mol. The lowest BCUT2D eigenvalue weighted by Crippen LogP contribution is -2.23. The molecule has 0 bridgehead atoms. The van der Waals surface area contributed by atoms with Gasteiger partial charge >= 0.3 is 0 Å². The van der Waals surface area contributed by atoms with Crippen LogP contribution in [0.5, 0.6) is 0 Å². The van der Waals surface area contributed by atoms with Crippen molar-refractivity contribution in [3.63, 3.8) is 0 Å². The molecule has 1 aromatic rings. The Hall–Kier alpha value is -0.680. The van der Waals surface area contributed by atoms with Gasteiger partial charge < -0.3 is 15.2 Å². The molecule has 0 radical (unpaired) electrons. The van der Waals surface area contributed by atoms with Crippen LogP contribution in [0.3, 0.4) is 0 Å². The Morgan fingerprint density at radius 2 is 2.24 bits per heavy atom. The number of hydrogen-bond donors (Lipinski definition) is 2. The van der Waals surface area contributed by atoms with Gasteiger partial charge in [-0.3, -0.25) is 0 Å². The van der Waals surface area contributed by atoms with Crippen molar-refractivity contribution in [1.82, 2.24) is 5.32 Å². The summed E-state index contributed by atoms with van der Waals surface area (Å²) in [5.74, 6) is -0.339. The summed E-state index contributed by atoms with van der Waals surface area (Å²) in [6, 6.07) is 4.42. The van der Waals surface area contributed by atoms with Gasteiger partial charge in [-0.15, -0.1) is 0 Å². The minimum atomic E-state index is -0.469. The van der Waals surface area contributed by atoms with Gasteiger partial charge in [0.15, 0.2) is 0 Å². The summed E-state index contributed by atoms with van der Waals surface area (Å²) < 4.78 is 17.8. The molecule has 17 heavy (non-hydrogen) atoms. The van der Waals surface area contributed by atoms with E-state index in [1.165, 1.54) is 12.1 Å². The number of aliphatic hydroxyl groups is 1. The van der Waals surface area contributed by atoms with Crippen molar-refractivity contribution in [3.8, 4) is 0 Å². The van der Waals surface area contributed by atoms with Crippen LogP contribution >= 0.6 is 11.6 Å². The molecule has 1 aromatic carbocycles. The van der Waals surface area contributed by atoms with Crippen LogP contribution in [0.2, 0.25) is 5.02 Å². The van der Waals surface area contributed by atoms with E-state index in [1.54, 1.807) is 13.2 Å². The molecule has 0 saturated heterocycles. The first-order valence-corrected chi connectivity index (χ1v) is 5.82. The number of aliphatic hydroxyl groups excluding tert-OH is 1. The lowest BCUT2D eigenvalue weighted by molar-refractivity contribution is 0.0594. The highest BCUT2D eigenvalue weighted by molar-refractivity contribution is 6.30. The Labute approximate surface area is 106 Å². The largest absolute Gasteiger partial charge is 0.391 e. The van der Waals surface area contributed by atoms with Gasteiger partial charge in [-0.25, -0.2) is 4.39 Å². The van der Waals surface area contributed by atoms with E-state index in [2.05, 4.69) is 5.32 Å². The summed E-state index contributed by atoms with van der Waals surface area (Å²) in [4.78, 5) is 0. The highest BCUT2D eigenvalue weighted by Crippen LogP contribution is 2.13. The van der Waals surface area contributed by atoms with Crippen molar-refractivity contribution in [1.29, 1.82) is 0 Å². The molecule has 1 atom stereocenters. The zero-order chi connectivity index (χ0) is 12.7. The van der Waals surface area contributed by atoms with Gasteiger partial charge in [-0.1, -0.05) is 11.6 Å². The van der Waals surface area contributed by atoms with Crippen molar-refractivity contribution < 1.29 is 14.2 Å². The second-order valence-corrected chi connectivity index (χ2v) is 4.29. The Morgan fingerprint density at radius 1 is 1.47 bits per heavy atom.